The van der Waals surface area contributed by atoms with Gasteiger partial charge in [-0.3, -0.25) is 9.69 Å². The molecule has 1 aliphatic carbocycles. The zero-order valence-corrected chi connectivity index (χ0v) is 19.1. The zero-order valence-electron chi connectivity index (χ0n) is 19.1. The monoisotopic (exact) mass is 449 g/mol. The highest BCUT2D eigenvalue weighted by atomic mass is 16.6. The smallest absolute Gasteiger partial charge is 0.410 e. The third-order valence-electron chi connectivity index (χ3n) is 7.22. The van der Waals surface area contributed by atoms with Gasteiger partial charge in [-0.25, -0.2) is 4.79 Å². The quantitative estimate of drug-likeness (QED) is 0.586. The largest absolute Gasteiger partial charge is 0.448 e. The summed E-state index contributed by atoms with van der Waals surface area (Å²) in [6.07, 6.45) is 1.40. The van der Waals surface area contributed by atoms with Crippen LogP contribution in [0.2, 0.25) is 0 Å². The van der Waals surface area contributed by atoms with Crippen molar-refractivity contribution in [1.29, 1.82) is 0 Å². The maximum absolute atomic E-state index is 13.2. The van der Waals surface area contributed by atoms with Crippen LogP contribution in [0.15, 0.2) is 48.5 Å². The summed E-state index contributed by atoms with van der Waals surface area (Å²) in [6.45, 7) is 4.23. The molecule has 0 radical (unpaired) electrons. The molecule has 0 spiro atoms. The van der Waals surface area contributed by atoms with Gasteiger partial charge in [0, 0.05) is 24.9 Å². The Kier molecular flexibility index (Phi) is 6.47. The Morgan fingerprint density at radius 3 is 2.18 bits per heavy atom. The number of hydrogen-bond acceptors (Lipinski definition) is 5. The molecule has 2 fully saturated rings. The molecule has 0 saturated carbocycles. The molecule has 174 valence electrons. The van der Waals surface area contributed by atoms with Crippen LogP contribution in [0.3, 0.4) is 0 Å². The van der Waals surface area contributed by atoms with Gasteiger partial charge in [0.2, 0.25) is 0 Å². The summed E-state index contributed by atoms with van der Waals surface area (Å²) in [6, 6.07) is 16.4. The number of carbonyl (C=O) groups is 2. The maximum atomic E-state index is 13.2. The summed E-state index contributed by atoms with van der Waals surface area (Å²) in [4.78, 5) is 27.7. The fourth-order valence-electron chi connectivity index (χ4n) is 5.67. The second-order valence-corrected chi connectivity index (χ2v) is 9.14. The van der Waals surface area contributed by atoms with Gasteiger partial charge in [-0.2, -0.15) is 0 Å². The van der Waals surface area contributed by atoms with E-state index >= 15 is 0 Å². The van der Waals surface area contributed by atoms with Crippen molar-refractivity contribution in [1.82, 2.24) is 4.90 Å². The second kappa shape index (κ2) is 9.65. The van der Waals surface area contributed by atoms with Gasteiger partial charge >= 0.3 is 6.09 Å². The Bertz CT molecular complexity index is 962. The molecule has 2 aromatic rings. The number of nitrogens with zero attached hydrogens (tertiary/aromatic N) is 1. The highest BCUT2D eigenvalue weighted by Crippen LogP contribution is 2.44. The minimum atomic E-state index is -0.296. The van der Waals surface area contributed by atoms with Gasteiger partial charge in [-0.1, -0.05) is 48.5 Å². The molecule has 0 aromatic heterocycles. The number of hydrogen-bond donors (Lipinski definition) is 0. The number of piperidine rings is 1. The van der Waals surface area contributed by atoms with E-state index < -0.39 is 0 Å². The molecule has 2 saturated heterocycles. The van der Waals surface area contributed by atoms with E-state index in [1.165, 1.54) is 22.3 Å². The van der Waals surface area contributed by atoms with Crippen LogP contribution >= 0.6 is 0 Å². The maximum Gasteiger partial charge on any atom is 0.410 e. The third-order valence-corrected chi connectivity index (χ3v) is 7.22. The number of ether oxygens (including phenoxy) is 3. The van der Waals surface area contributed by atoms with Gasteiger partial charge in [-0.15, -0.1) is 0 Å². The number of Topliss-reactive ketones (excluding diaryl/α,β-unsaturated/α-hetero) is 1. The molecule has 6 nitrogen and oxygen atoms in total. The second-order valence-electron chi connectivity index (χ2n) is 9.14. The predicted molar refractivity (Wildman–Crippen MR) is 124 cm³/mol. The van der Waals surface area contributed by atoms with Gasteiger partial charge in [0.15, 0.2) is 0 Å². The van der Waals surface area contributed by atoms with E-state index in [9.17, 15) is 9.59 Å². The van der Waals surface area contributed by atoms with Gasteiger partial charge < -0.3 is 14.2 Å². The van der Waals surface area contributed by atoms with Crippen LogP contribution in [0.5, 0.6) is 0 Å². The molecule has 2 aliphatic heterocycles. The average molecular weight is 450 g/mol. The number of amides is 1. The third kappa shape index (κ3) is 4.30. The number of rotatable bonds is 7. The normalized spacial score (nSPS) is 23.7. The van der Waals surface area contributed by atoms with E-state index in [-0.39, 0.29) is 35.8 Å². The van der Waals surface area contributed by atoms with E-state index in [4.69, 9.17) is 14.2 Å². The number of carbonyl (C=O) groups excluding carboxylic acids is 2. The summed E-state index contributed by atoms with van der Waals surface area (Å²) in [5, 5.41) is 0. The van der Waals surface area contributed by atoms with Crippen LogP contribution in [-0.2, 0) is 19.0 Å². The van der Waals surface area contributed by atoms with Crippen molar-refractivity contribution in [3.63, 3.8) is 0 Å². The molecule has 2 aromatic carbocycles. The van der Waals surface area contributed by atoms with Gasteiger partial charge in [0.1, 0.15) is 12.4 Å². The van der Waals surface area contributed by atoms with Crippen molar-refractivity contribution in [2.75, 3.05) is 33.0 Å². The molecule has 5 rings (SSSR count). The van der Waals surface area contributed by atoms with Crippen molar-refractivity contribution in [3.8, 4) is 11.1 Å². The Balaban J connectivity index is 1.25. The lowest BCUT2D eigenvalue weighted by molar-refractivity contribution is -0.132. The summed E-state index contributed by atoms with van der Waals surface area (Å²) in [7, 11) is 0. The lowest BCUT2D eigenvalue weighted by Crippen LogP contribution is -2.60. The molecule has 2 heterocycles. The molecule has 1 amide bonds. The zero-order chi connectivity index (χ0) is 22.8. The van der Waals surface area contributed by atoms with Crippen molar-refractivity contribution in [2.24, 2.45) is 5.92 Å². The van der Waals surface area contributed by atoms with Gasteiger partial charge in [0.05, 0.1) is 31.9 Å². The van der Waals surface area contributed by atoms with E-state index in [2.05, 4.69) is 24.3 Å². The average Bonchev–Trinajstić information content (AvgIpc) is 3.15. The number of ketones is 1. The Hall–Kier alpha value is -2.70. The number of morpholine rings is 1. The lowest BCUT2D eigenvalue weighted by atomic mass is 9.82. The Morgan fingerprint density at radius 2 is 1.58 bits per heavy atom. The standard InChI is InChI=1S/C27H31NO5/c1-2-31-12-11-26(29)18-13-19-15-32-16-20(14-18)28(19)27(30)33-17-25-23-9-5-3-7-21(23)22-8-4-6-10-24(22)25/h3-10,18-20,25H,2,11-17H2,1H3. The fourth-order valence-corrected chi connectivity index (χ4v) is 5.67. The van der Waals surface area contributed by atoms with Crippen molar-refractivity contribution in [3.05, 3.63) is 59.7 Å². The van der Waals surface area contributed by atoms with Crippen LogP contribution in [-0.4, -0.2) is 61.9 Å². The Morgan fingerprint density at radius 1 is 0.970 bits per heavy atom. The number of fused-ring (bicyclic) bond motifs is 5. The summed E-state index contributed by atoms with van der Waals surface area (Å²) >= 11 is 0. The van der Waals surface area contributed by atoms with Gasteiger partial charge in [0.25, 0.3) is 0 Å². The topological polar surface area (TPSA) is 65.1 Å². The van der Waals surface area contributed by atoms with Crippen LogP contribution in [0, 0.1) is 5.92 Å². The minimum absolute atomic E-state index is 0.0372. The molecule has 6 heteroatoms. The van der Waals surface area contributed by atoms with Crippen LogP contribution in [0.1, 0.15) is 43.2 Å². The fraction of sp³-hybridized carbons (Fsp3) is 0.481. The molecule has 2 unspecified atom stereocenters. The van der Waals surface area contributed by atoms with Crippen molar-refractivity contribution >= 4 is 11.9 Å². The SMILES string of the molecule is CCOCCC(=O)C1CC2COCC(C1)N2C(=O)OCC1c2ccccc2-c2ccccc21. The first-order chi connectivity index (χ1) is 16.2. The molecule has 2 atom stereocenters. The van der Waals surface area contributed by atoms with Crippen molar-refractivity contribution in [2.45, 2.75) is 44.2 Å². The first-order valence-corrected chi connectivity index (χ1v) is 12.0. The van der Waals surface area contributed by atoms with E-state index in [0.717, 1.165) is 0 Å². The van der Waals surface area contributed by atoms with Gasteiger partial charge in [-0.05, 0) is 42.0 Å². The summed E-state index contributed by atoms with van der Waals surface area (Å²) < 4.78 is 17.0. The first-order valence-electron chi connectivity index (χ1n) is 12.0. The lowest BCUT2D eigenvalue weighted by Gasteiger charge is -2.47. The van der Waals surface area contributed by atoms with Crippen LogP contribution in [0.4, 0.5) is 4.79 Å². The molecule has 3 aliphatic rings. The molecular weight excluding hydrogens is 418 g/mol. The molecule has 2 bridgehead atoms. The van der Waals surface area contributed by atoms with Crippen LogP contribution < -0.4 is 0 Å². The van der Waals surface area contributed by atoms with E-state index in [1.54, 1.807) is 0 Å². The Labute approximate surface area is 194 Å². The minimum Gasteiger partial charge on any atom is -0.448 e. The number of benzene rings is 2. The summed E-state index contributed by atoms with van der Waals surface area (Å²) in [5.74, 6) is 0.227. The molecule has 0 N–H and O–H groups in total. The van der Waals surface area contributed by atoms with Crippen LogP contribution in [0.25, 0.3) is 11.1 Å². The highest BCUT2D eigenvalue weighted by molar-refractivity contribution is 5.82. The van der Waals surface area contributed by atoms with E-state index in [1.807, 2.05) is 36.1 Å². The predicted octanol–water partition coefficient (Wildman–Crippen LogP) is 4.41. The first kappa shape index (κ1) is 22.1. The molecule has 33 heavy (non-hydrogen) atoms. The van der Waals surface area contributed by atoms with E-state index in [0.29, 0.717) is 52.3 Å². The highest BCUT2D eigenvalue weighted by Gasteiger charge is 2.44. The summed E-state index contributed by atoms with van der Waals surface area (Å²) in [5.41, 5.74) is 4.83. The van der Waals surface area contributed by atoms with Crippen molar-refractivity contribution < 1.29 is 23.8 Å². The molecular formula is C27H31NO5.